The van der Waals surface area contributed by atoms with Gasteiger partial charge in [0.15, 0.2) is 5.13 Å². The summed E-state index contributed by atoms with van der Waals surface area (Å²) in [6, 6.07) is 15.4. The zero-order valence-corrected chi connectivity index (χ0v) is 16.6. The first-order valence-electron chi connectivity index (χ1n) is 8.59. The second-order valence-corrected chi connectivity index (χ2v) is 6.75. The molecule has 7 nitrogen and oxygen atoms in total. The highest BCUT2D eigenvalue weighted by Gasteiger charge is 2.21. The Balaban J connectivity index is 1.76. The van der Waals surface area contributed by atoms with Gasteiger partial charge in [-0.2, -0.15) is 5.26 Å². The largest absolute Gasteiger partial charge is 0.495 e. The molecule has 1 amide bonds. The molecule has 0 radical (unpaired) electrons. The first-order chi connectivity index (χ1) is 14.0. The van der Waals surface area contributed by atoms with Gasteiger partial charge in [-0.05, 0) is 30.3 Å². The molecule has 0 atom stereocenters. The summed E-state index contributed by atoms with van der Waals surface area (Å²) in [7, 11) is 1.53. The SMILES string of the molecule is COc1ccccc1N(C(C)=O)c1nc(COC(=O)c2cccc(C#N)c2)cs1. The summed E-state index contributed by atoms with van der Waals surface area (Å²) in [5.74, 6) is -0.228. The zero-order chi connectivity index (χ0) is 20.8. The van der Waals surface area contributed by atoms with Crippen molar-refractivity contribution in [2.75, 3.05) is 12.0 Å². The van der Waals surface area contributed by atoms with Crippen LogP contribution in [0.5, 0.6) is 5.75 Å². The Morgan fingerprint density at radius 1 is 1.21 bits per heavy atom. The molecule has 2 aromatic carbocycles. The molecule has 0 saturated carbocycles. The minimum atomic E-state index is -0.551. The number of benzene rings is 2. The van der Waals surface area contributed by atoms with E-state index in [1.165, 1.54) is 36.3 Å². The van der Waals surface area contributed by atoms with Crippen LogP contribution in [0.4, 0.5) is 10.8 Å². The Bertz CT molecular complexity index is 1090. The van der Waals surface area contributed by atoms with E-state index in [0.717, 1.165) is 0 Å². The second-order valence-electron chi connectivity index (χ2n) is 5.92. The van der Waals surface area contributed by atoms with Crippen molar-refractivity contribution in [1.82, 2.24) is 4.98 Å². The minimum Gasteiger partial charge on any atom is -0.495 e. The Morgan fingerprint density at radius 3 is 2.72 bits per heavy atom. The molecule has 3 rings (SSSR count). The van der Waals surface area contributed by atoms with E-state index in [-0.39, 0.29) is 12.5 Å². The van der Waals surface area contributed by atoms with E-state index in [0.29, 0.717) is 33.4 Å². The number of methoxy groups -OCH3 is 1. The summed E-state index contributed by atoms with van der Waals surface area (Å²) in [5.41, 5.74) is 1.76. The van der Waals surface area contributed by atoms with E-state index in [2.05, 4.69) is 4.98 Å². The normalized spacial score (nSPS) is 10.1. The van der Waals surface area contributed by atoms with Gasteiger partial charge >= 0.3 is 5.97 Å². The number of thiazole rings is 1. The summed E-state index contributed by atoms with van der Waals surface area (Å²) in [5, 5.41) is 11.1. The average Bonchev–Trinajstić information content (AvgIpc) is 3.20. The van der Waals surface area contributed by atoms with Gasteiger partial charge in [0.2, 0.25) is 5.91 Å². The van der Waals surface area contributed by atoms with Crippen LogP contribution in [0, 0.1) is 11.3 Å². The van der Waals surface area contributed by atoms with Crippen molar-refractivity contribution >= 4 is 34.0 Å². The van der Waals surface area contributed by atoms with Crippen LogP contribution in [0.3, 0.4) is 0 Å². The number of aromatic nitrogens is 1. The van der Waals surface area contributed by atoms with Crippen molar-refractivity contribution in [3.05, 3.63) is 70.7 Å². The summed E-state index contributed by atoms with van der Waals surface area (Å²) in [4.78, 5) is 30.3. The van der Waals surface area contributed by atoms with E-state index in [1.54, 1.807) is 41.8 Å². The molecule has 3 aromatic rings. The number of amides is 1. The van der Waals surface area contributed by atoms with Crippen LogP contribution in [0.1, 0.15) is 28.5 Å². The number of carbonyl (C=O) groups is 2. The summed E-state index contributed by atoms with van der Waals surface area (Å²) in [6.45, 7) is 1.39. The fourth-order valence-corrected chi connectivity index (χ4v) is 3.49. The fourth-order valence-electron chi connectivity index (χ4n) is 2.63. The maximum Gasteiger partial charge on any atom is 0.338 e. The molecular weight excluding hydrogens is 390 g/mol. The van der Waals surface area contributed by atoms with Gasteiger partial charge in [0.1, 0.15) is 12.4 Å². The number of para-hydroxylation sites is 2. The molecule has 29 heavy (non-hydrogen) atoms. The number of hydrogen-bond acceptors (Lipinski definition) is 7. The Kier molecular flexibility index (Phi) is 6.22. The lowest BCUT2D eigenvalue weighted by Crippen LogP contribution is -2.23. The molecule has 0 aliphatic heterocycles. The predicted molar refractivity (Wildman–Crippen MR) is 108 cm³/mol. The number of hydrogen-bond donors (Lipinski definition) is 0. The third-order valence-corrected chi connectivity index (χ3v) is 4.83. The summed E-state index contributed by atoms with van der Waals surface area (Å²) < 4.78 is 10.6. The molecule has 0 aliphatic rings. The number of nitrogens with zero attached hydrogens (tertiary/aromatic N) is 3. The molecule has 1 heterocycles. The van der Waals surface area contributed by atoms with Gasteiger partial charge in [-0.25, -0.2) is 9.78 Å². The lowest BCUT2D eigenvalue weighted by Gasteiger charge is -2.20. The van der Waals surface area contributed by atoms with Crippen molar-refractivity contribution in [3.8, 4) is 11.8 Å². The molecule has 0 N–H and O–H groups in total. The molecular formula is C21H17N3O4S. The fraction of sp³-hybridized carbons (Fsp3) is 0.143. The third kappa shape index (κ3) is 4.59. The molecule has 0 unspecified atom stereocenters. The molecule has 146 valence electrons. The Hall–Kier alpha value is -3.70. The lowest BCUT2D eigenvalue weighted by atomic mass is 10.1. The highest BCUT2D eigenvalue weighted by Crippen LogP contribution is 2.35. The smallest absolute Gasteiger partial charge is 0.338 e. The van der Waals surface area contributed by atoms with Gasteiger partial charge in [-0.15, -0.1) is 11.3 Å². The molecule has 0 saturated heterocycles. The summed E-state index contributed by atoms with van der Waals surface area (Å²) >= 11 is 1.26. The first-order valence-corrected chi connectivity index (χ1v) is 9.47. The van der Waals surface area contributed by atoms with Gasteiger partial charge in [0.25, 0.3) is 0 Å². The van der Waals surface area contributed by atoms with Gasteiger partial charge in [0.05, 0.1) is 35.7 Å². The third-order valence-electron chi connectivity index (χ3n) is 3.95. The van der Waals surface area contributed by atoms with Gasteiger partial charge in [-0.1, -0.05) is 18.2 Å². The lowest BCUT2D eigenvalue weighted by molar-refractivity contribution is -0.115. The van der Waals surface area contributed by atoms with E-state index in [9.17, 15) is 9.59 Å². The molecule has 0 aliphatic carbocycles. The highest BCUT2D eigenvalue weighted by molar-refractivity contribution is 7.14. The number of nitriles is 1. The van der Waals surface area contributed by atoms with Crippen LogP contribution in [0.25, 0.3) is 0 Å². The van der Waals surface area contributed by atoms with Gasteiger partial charge < -0.3 is 9.47 Å². The van der Waals surface area contributed by atoms with Crippen LogP contribution in [-0.2, 0) is 16.1 Å². The van der Waals surface area contributed by atoms with Crippen LogP contribution < -0.4 is 9.64 Å². The Morgan fingerprint density at radius 2 is 2.00 bits per heavy atom. The Labute approximate surface area is 171 Å². The number of anilines is 2. The van der Waals surface area contributed by atoms with Crippen molar-refractivity contribution < 1.29 is 19.1 Å². The van der Waals surface area contributed by atoms with Crippen LogP contribution in [-0.4, -0.2) is 24.0 Å². The number of carbonyl (C=O) groups excluding carboxylic acids is 2. The van der Waals surface area contributed by atoms with Gasteiger partial charge in [0, 0.05) is 12.3 Å². The molecule has 0 fully saturated rings. The minimum absolute atomic E-state index is 0.0518. The van der Waals surface area contributed by atoms with E-state index in [1.807, 2.05) is 12.1 Å². The monoisotopic (exact) mass is 407 g/mol. The van der Waals surface area contributed by atoms with Crippen molar-refractivity contribution in [1.29, 1.82) is 5.26 Å². The number of ether oxygens (including phenoxy) is 2. The van der Waals surface area contributed by atoms with Crippen molar-refractivity contribution in [3.63, 3.8) is 0 Å². The van der Waals surface area contributed by atoms with E-state index >= 15 is 0 Å². The van der Waals surface area contributed by atoms with Crippen molar-refractivity contribution in [2.24, 2.45) is 0 Å². The molecule has 8 heteroatoms. The average molecular weight is 407 g/mol. The highest BCUT2D eigenvalue weighted by atomic mass is 32.1. The quantitative estimate of drug-likeness (QED) is 0.572. The second kappa shape index (κ2) is 8.99. The van der Waals surface area contributed by atoms with Crippen LogP contribution in [0.15, 0.2) is 53.9 Å². The van der Waals surface area contributed by atoms with E-state index < -0.39 is 5.97 Å². The van der Waals surface area contributed by atoms with E-state index in [4.69, 9.17) is 14.7 Å². The standard InChI is InChI=1S/C21H17N3O4S/c1-14(25)24(18-8-3-4-9-19(18)27-2)21-23-17(13-29-21)12-28-20(26)16-7-5-6-15(10-16)11-22/h3-10,13H,12H2,1-2H3. The first kappa shape index (κ1) is 20.0. The molecule has 1 aromatic heterocycles. The molecule has 0 spiro atoms. The maximum absolute atomic E-state index is 12.3. The summed E-state index contributed by atoms with van der Waals surface area (Å²) in [6.07, 6.45) is 0. The topological polar surface area (TPSA) is 92.5 Å². The van der Waals surface area contributed by atoms with Crippen LogP contribution >= 0.6 is 11.3 Å². The maximum atomic E-state index is 12.3. The predicted octanol–water partition coefficient (Wildman–Crippen LogP) is 4.06. The van der Waals surface area contributed by atoms with Crippen LogP contribution in [0.2, 0.25) is 0 Å². The zero-order valence-electron chi connectivity index (χ0n) is 15.8. The number of rotatable bonds is 6. The van der Waals surface area contributed by atoms with Gasteiger partial charge in [-0.3, -0.25) is 9.69 Å². The number of esters is 1. The van der Waals surface area contributed by atoms with Crippen molar-refractivity contribution in [2.45, 2.75) is 13.5 Å². The molecule has 0 bridgehead atoms.